The summed E-state index contributed by atoms with van der Waals surface area (Å²) >= 11 is 0. The van der Waals surface area contributed by atoms with Crippen molar-refractivity contribution < 1.29 is 30.7 Å². The van der Waals surface area contributed by atoms with Gasteiger partial charge in [0.2, 0.25) is 0 Å². The van der Waals surface area contributed by atoms with Crippen LogP contribution in [0.15, 0.2) is 23.1 Å². The van der Waals surface area contributed by atoms with Crippen LogP contribution in [-0.4, -0.2) is 58.1 Å². The van der Waals surface area contributed by atoms with E-state index >= 15 is 0 Å². The Kier molecular flexibility index (Phi) is 7.14. The smallest absolute Gasteiger partial charge is 0.378 e. The maximum absolute atomic E-state index is 14.5. The Bertz CT molecular complexity index is 930. The van der Waals surface area contributed by atoms with Crippen molar-refractivity contribution >= 4 is 9.84 Å². The summed E-state index contributed by atoms with van der Waals surface area (Å²) in [4.78, 5) is 1.96. The first-order chi connectivity index (χ1) is 15.5. The van der Waals surface area contributed by atoms with Crippen LogP contribution in [-0.2, 0) is 14.6 Å². The van der Waals surface area contributed by atoms with E-state index in [0.717, 1.165) is 50.8 Å². The fourth-order valence-electron chi connectivity index (χ4n) is 5.30. The minimum absolute atomic E-state index is 0.00229. The number of likely N-dealkylation sites (tertiary alicyclic amines) is 1. The molecule has 4 nitrogen and oxygen atoms in total. The monoisotopic (exact) mass is 491 g/mol. The summed E-state index contributed by atoms with van der Waals surface area (Å²) in [5.74, 6) is -0.0291. The third-order valence-corrected chi connectivity index (χ3v) is 8.88. The average Bonchev–Trinajstić information content (AvgIpc) is 3.54. The van der Waals surface area contributed by atoms with E-state index in [1.165, 1.54) is 6.07 Å². The number of nitrogens with zero attached hydrogens (tertiary/aromatic N) is 1. The van der Waals surface area contributed by atoms with Gasteiger partial charge < -0.3 is 9.64 Å². The molecule has 1 saturated heterocycles. The SMILES string of the molecule is CS(=O)(=O)c1ccc(C2CCC(OCC3CCN(CC4(C(F)(F)F)CC4)CC3)CC2)c(F)c1. The van der Waals surface area contributed by atoms with Crippen LogP contribution in [0.25, 0.3) is 0 Å². The molecule has 0 amide bonds. The van der Waals surface area contributed by atoms with E-state index in [2.05, 4.69) is 0 Å². The first kappa shape index (κ1) is 24.9. The van der Waals surface area contributed by atoms with Gasteiger partial charge in [0.15, 0.2) is 9.84 Å². The van der Waals surface area contributed by atoms with E-state index in [-0.39, 0.29) is 36.3 Å². The van der Waals surface area contributed by atoms with Crippen molar-refractivity contribution in [3.8, 4) is 0 Å². The summed E-state index contributed by atoms with van der Waals surface area (Å²) < 4.78 is 83.4. The molecule has 33 heavy (non-hydrogen) atoms. The zero-order valence-corrected chi connectivity index (χ0v) is 19.9. The van der Waals surface area contributed by atoms with E-state index < -0.39 is 27.2 Å². The molecule has 0 bridgehead atoms. The standard InChI is InChI=1S/C24H33F4NO3S/c1-33(30,31)20-6-7-21(22(25)14-20)18-2-4-19(5-3-18)32-15-17-8-12-29(13-9-17)16-23(10-11-23)24(26,27)28/h6-7,14,17-19H,2-5,8-13,15-16H2,1H3. The topological polar surface area (TPSA) is 46.6 Å². The highest BCUT2D eigenvalue weighted by atomic mass is 32.2. The number of rotatable bonds is 7. The molecule has 2 aliphatic carbocycles. The van der Waals surface area contributed by atoms with Gasteiger partial charge in [-0.1, -0.05) is 6.07 Å². The van der Waals surface area contributed by atoms with Crippen molar-refractivity contribution in [1.29, 1.82) is 0 Å². The summed E-state index contributed by atoms with van der Waals surface area (Å²) in [6.07, 6.45) is 2.57. The molecule has 3 fully saturated rings. The van der Waals surface area contributed by atoms with Crippen molar-refractivity contribution in [2.45, 2.75) is 74.5 Å². The molecule has 0 unspecified atom stereocenters. The van der Waals surface area contributed by atoms with Crippen LogP contribution < -0.4 is 0 Å². The predicted molar refractivity (Wildman–Crippen MR) is 117 cm³/mol. The van der Waals surface area contributed by atoms with E-state index in [9.17, 15) is 26.0 Å². The highest BCUT2D eigenvalue weighted by molar-refractivity contribution is 7.90. The largest absolute Gasteiger partial charge is 0.395 e. The maximum Gasteiger partial charge on any atom is 0.395 e. The third kappa shape index (κ3) is 5.90. The van der Waals surface area contributed by atoms with Gasteiger partial charge >= 0.3 is 6.18 Å². The Hall–Kier alpha value is -1.19. The number of ether oxygens (including phenoxy) is 1. The normalized spacial score (nSPS) is 26.9. The third-order valence-electron chi connectivity index (χ3n) is 7.77. The van der Waals surface area contributed by atoms with E-state index in [1.54, 1.807) is 6.07 Å². The van der Waals surface area contributed by atoms with Crippen molar-refractivity contribution in [3.63, 3.8) is 0 Å². The number of hydrogen-bond donors (Lipinski definition) is 0. The molecule has 4 rings (SSSR count). The van der Waals surface area contributed by atoms with Gasteiger partial charge in [0.1, 0.15) is 5.82 Å². The number of benzene rings is 1. The van der Waals surface area contributed by atoms with Gasteiger partial charge in [-0.25, -0.2) is 12.8 Å². The lowest BCUT2D eigenvalue weighted by Crippen LogP contribution is -2.43. The molecular formula is C24H33F4NO3S. The number of halogens is 4. The lowest BCUT2D eigenvalue weighted by molar-refractivity contribution is -0.192. The lowest BCUT2D eigenvalue weighted by Gasteiger charge is -2.36. The molecule has 0 spiro atoms. The molecule has 9 heteroatoms. The molecule has 1 aliphatic heterocycles. The Morgan fingerprint density at radius 3 is 2.21 bits per heavy atom. The minimum Gasteiger partial charge on any atom is -0.378 e. The molecule has 1 aromatic carbocycles. The van der Waals surface area contributed by atoms with Gasteiger partial charge in [0, 0.05) is 19.4 Å². The van der Waals surface area contributed by atoms with E-state index in [1.807, 2.05) is 4.90 Å². The molecule has 1 heterocycles. The molecule has 0 radical (unpaired) electrons. The van der Waals surface area contributed by atoms with E-state index in [0.29, 0.717) is 31.2 Å². The number of sulfone groups is 1. The summed E-state index contributed by atoms with van der Waals surface area (Å²) in [5, 5.41) is 0. The fourth-order valence-corrected chi connectivity index (χ4v) is 5.94. The lowest BCUT2D eigenvalue weighted by atomic mass is 9.82. The molecular weight excluding hydrogens is 458 g/mol. The second-order valence-electron chi connectivity index (χ2n) is 10.3. The van der Waals surface area contributed by atoms with Gasteiger partial charge in [-0.15, -0.1) is 0 Å². The Morgan fingerprint density at radius 2 is 1.70 bits per heavy atom. The molecule has 3 aliphatic rings. The minimum atomic E-state index is -4.09. The number of piperidine rings is 1. The summed E-state index contributed by atoms with van der Waals surface area (Å²) in [6, 6.07) is 4.18. The van der Waals surface area contributed by atoms with Crippen LogP contribution in [0, 0.1) is 17.2 Å². The van der Waals surface area contributed by atoms with Crippen LogP contribution in [0.2, 0.25) is 0 Å². The second-order valence-corrected chi connectivity index (χ2v) is 12.3. The van der Waals surface area contributed by atoms with Crippen molar-refractivity contribution in [2.75, 3.05) is 32.5 Å². The van der Waals surface area contributed by atoms with Gasteiger partial charge in [0.05, 0.1) is 16.4 Å². The van der Waals surface area contributed by atoms with Gasteiger partial charge in [-0.05, 0) is 94.0 Å². The number of hydrogen-bond acceptors (Lipinski definition) is 4. The highest BCUT2D eigenvalue weighted by Gasteiger charge is 2.63. The van der Waals surface area contributed by atoms with Crippen molar-refractivity contribution in [1.82, 2.24) is 4.90 Å². The maximum atomic E-state index is 14.5. The highest BCUT2D eigenvalue weighted by Crippen LogP contribution is 2.58. The van der Waals surface area contributed by atoms with Gasteiger partial charge in [-0.2, -0.15) is 13.2 Å². The Morgan fingerprint density at radius 1 is 1.06 bits per heavy atom. The van der Waals surface area contributed by atoms with Crippen LogP contribution >= 0.6 is 0 Å². The van der Waals surface area contributed by atoms with Gasteiger partial charge in [0.25, 0.3) is 0 Å². The zero-order chi connectivity index (χ0) is 23.9. The second kappa shape index (κ2) is 9.46. The Labute approximate surface area is 193 Å². The Balaban J connectivity index is 1.18. The van der Waals surface area contributed by atoms with Crippen LogP contribution in [0.5, 0.6) is 0 Å². The first-order valence-corrected chi connectivity index (χ1v) is 13.8. The van der Waals surface area contributed by atoms with Crippen LogP contribution in [0.3, 0.4) is 0 Å². The molecule has 186 valence electrons. The van der Waals surface area contributed by atoms with Crippen molar-refractivity contribution in [3.05, 3.63) is 29.6 Å². The van der Waals surface area contributed by atoms with Crippen LogP contribution in [0.1, 0.15) is 62.8 Å². The summed E-state index contributed by atoms with van der Waals surface area (Å²) in [5.41, 5.74) is -0.889. The molecule has 0 N–H and O–H groups in total. The molecule has 2 saturated carbocycles. The van der Waals surface area contributed by atoms with Crippen molar-refractivity contribution in [2.24, 2.45) is 11.3 Å². The number of alkyl halides is 3. The van der Waals surface area contributed by atoms with E-state index in [4.69, 9.17) is 4.74 Å². The first-order valence-electron chi connectivity index (χ1n) is 11.9. The predicted octanol–water partition coefficient (Wildman–Crippen LogP) is 5.33. The summed E-state index contributed by atoms with van der Waals surface area (Å²) in [6.45, 7) is 2.16. The van der Waals surface area contributed by atoms with Gasteiger partial charge in [-0.3, -0.25) is 0 Å². The fraction of sp³-hybridized carbons (Fsp3) is 0.750. The summed E-state index contributed by atoms with van der Waals surface area (Å²) in [7, 11) is -3.43. The van der Waals surface area contributed by atoms with Crippen LogP contribution in [0.4, 0.5) is 17.6 Å². The molecule has 0 atom stereocenters. The average molecular weight is 492 g/mol. The molecule has 1 aromatic rings. The molecule has 0 aromatic heterocycles. The quantitative estimate of drug-likeness (QED) is 0.484. The zero-order valence-electron chi connectivity index (χ0n) is 19.0.